The summed E-state index contributed by atoms with van der Waals surface area (Å²) >= 11 is 6.70. The van der Waals surface area contributed by atoms with Gasteiger partial charge in [0.25, 0.3) is 0 Å². The van der Waals surface area contributed by atoms with Crippen LogP contribution in [0, 0.1) is 5.92 Å². The van der Waals surface area contributed by atoms with Gasteiger partial charge in [-0.2, -0.15) is 0 Å². The van der Waals surface area contributed by atoms with Crippen molar-refractivity contribution in [2.24, 2.45) is 11.7 Å². The number of phenolic OH excluding ortho intramolecular Hbond substituents is 1. The van der Waals surface area contributed by atoms with E-state index in [4.69, 9.17) is 50.5 Å². The molecule has 4 aliphatic rings. The maximum absolute atomic E-state index is 14.9. The molecule has 0 unspecified atom stereocenters. The number of alkyl carbamates (subject to hydrolysis) is 2. The number of nitrogens with zero attached hydrogens (tertiary/aromatic N) is 1. The molecule has 58 heavy (non-hydrogen) atoms. The zero-order valence-corrected chi connectivity index (χ0v) is 33.3. The lowest BCUT2D eigenvalue weighted by Crippen LogP contribution is -2.65. The van der Waals surface area contributed by atoms with Gasteiger partial charge >= 0.3 is 24.2 Å². The summed E-state index contributed by atoms with van der Waals surface area (Å²) in [6.45, 7) is 5.44. The second-order valence-corrected chi connectivity index (χ2v) is 15.2. The Morgan fingerprint density at radius 2 is 1.88 bits per heavy atom. The molecular weight excluding hydrogens is 792 g/mol. The number of benzene rings is 1. The zero-order valence-electron chi connectivity index (χ0n) is 32.6. The van der Waals surface area contributed by atoms with Crippen LogP contribution >= 0.6 is 11.6 Å². The Balaban J connectivity index is 1.67. The number of epoxide rings is 1. The molecule has 21 heteroatoms. The first-order valence-electron chi connectivity index (χ1n) is 18.3. The lowest BCUT2D eigenvalue weighted by molar-refractivity contribution is -0.230. The number of carbonyl (C=O) groups is 5. The van der Waals surface area contributed by atoms with Crippen molar-refractivity contribution in [3.8, 4) is 5.75 Å². The fourth-order valence-corrected chi connectivity index (χ4v) is 7.78. The monoisotopic (exact) mass is 840 g/mol. The number of aliphatic hydroxyl groups is 3. The molecule has 0 spiro atoms. The summed E-state index contributed by atoms with van der Waals surface area (Å²) in [7, 11) is 2.65. The van der Waals surface area contributed by atoms with E-state index in [1.807, 2.05) is 0 Å². The normalized spacial score (nSPS) is 36.8. The van der Waals surface area contributed by atoms with E-state index < -0.39 is 121 Å². The lowest BCUT2D eigenvalue weighted by atomic mass is 9.83. The fourth-order valence-electron chi connectivity index (χ4n) is 7.58. The quantitative estimate of drug-likeness (QED) is 0.120. The molecule has 4 heterocycles. The number of rotatable bonds is 6. The highest BCUT2D eigenvalue weighted by Crippen LogP contribution is 2.49. The van der Waals surface area contributed by atoms with Gasteiger partial charge in [0.05, 0.1) is 18.2 Å². The molecule has 5 rings (SSSR count). The van der Waals surface area contributed by atoms with E-state index in [1.165, 1.54) is 32.4 Å². The smallest absolute Gasteiger partial charge is 0.409 e. The molecule has 0 radical (unpaired) electrons. The van der Waals surface area contributed by atoms with Crippen LogP contribution in [0.5, 0.6) is 5.75 Å². The highest BCUT2D eigenvalue weighted by molar-refractivity contribution is 6.35. The average molecular weight is 841 g/mol. The van der Waals surface area contributed by atoms with Gasteiger partial charge in [-0.3, -0.25) is 19.8 Å². The Hall–Kier alpha value is -4.70. The SMILES string of the molecule is CNC(=O)O[C@H]1CC(=O)N([C@H]2O[C@@H](COC(C)=O)[C@H](OC(N)=O)[C@@H](O)[C@@H]2O)c2cc(cc(O)c2Cl)C/C(C)=C\C=C/[C@@H](OC)[C@@]2(O)C[C@H](OC(=O)N2)[C@@H](C)[C@@H]2O[C@@]12C. The number of halogens is 1. The molecule has 4 bridgehead atoms. The maximum atomic E-state index is 14.9. The van der Waals surface area contributed by atoms with Gasteiger partial charge in [-0.05, 0) is 38.0 Å². The summed E-state index contributed by atoms with van der Waals surface area (Å²) in [4.78, 5) is 65.0. The zero-order chi connectivity index (χ0) is 42.9. The molecule has 12 atom stereocenters. The highest BCUT2D eigenvalue weighted by atomic mass is 35.5. The number of ether oxygens (including phenoxy) is 7. The third-order valence-corrected chi connectivity index (χ3v) is 11.0. The summed E-state index contributed by atoms with van der Waals surface area (Å²) in [5, 5.41) is 50.1. The molecule has 1 aromatic rings. The van der Waals surface area contributed by atoms with Crippen molar-refractivity contribution in [3.63, 3.8) is 0 Å². The summed E-state index contributed by atoms with van der Waals surface area (Å²) in [5.41, 5.74) is 2.71. The molecule has 0 saturated carbocycles. The number of fused-ring (bicyclic) bond motifs is 5. The molecular formula is C37H49ClN4O16. The van der Waals surface area contributed by atoms with E-state index in [-0.39, 0.29) is 23.6 Å². The Morgan fingerprint density at radius 3 is 2.52 bits per heavy atom. The molecule has 320 valence electrons. The highest BCUT2D eigenvalue weighted by Gasteiger charge is 2.65. The first kappa shape index (κ1) is 44.4. The predicted octanol–water partition coefficient (Wildman–Crippen LogP) is 1.02. The minimum absolute atomic E-state index is 0.131. The number of allylic oxidation sites excluding steroid dienone is 3. The molecule has 4 aliphatic heterocycles. The van der Waals surface area contributed by atoms with Gasteiger partial charge in [0.1, 0.15) is 59.6 Å². The molecule has 1 aromatic carbocycles. The van der Waals surface area contributed by atoms with Gasteiger partial charge in [0, 0.05) is 33.4 Å². The van der Waals surface area contributed by atoms with Gasteiger partial charge in [-0.15, -0.1) is 0 Å². The van der Waals surface area contributed by atoms with Gasteiger partial charge in [-0.25, -0.2) is 14.4 Å². The molecule has 3 saturated heterocycles. The van der Waals surface area contributed by atoms with Crippen LogP contribution in [0.2, 0.25) is 5.02 Å². The van der Waals surface area contributed by atoms with E-state index in [9.17, 15) is 44.4 Å². The van der Waals surface area contributed by atoms with Crippen molar-refractivity contribution in [3.05, 3.63) is 46.5 Å². The van der Waals surface area contributed by atoms with Crippen LogP contribution in [-0.2, 0) is 49.2 Å². The number of aliphatic hydroxyl groups excluding tert-OH is 2. The number of amides is 4. The van der Waals surface area contributed by atoms with Crippen LogP contribution in [-0.4, -0.2) is 138 Å². The summed E-state index contributed by atoms with van der Waals surface area (Å²) in [6.07, 6.45) is -12.6. The number of carbonyl (C=O) groups excluding carboxylic acids is 5. The van der Waals surface area contributed by atoms with Crippen LogP contribution in [0.25, 0.3) is 0 Å². The first-order chi connectivity index (χ1) is 27.2. The van der Waals surface area contributed by atoms with Crippen molar-refractivity contribution in [1.29, 1.82) is 0 Å². The van der Waals surface area contributed by atoms with E-state index in [0.717, 1.165) is 11.8 Å². The molecule has 3 fully saturated rings. The van der Waals surface area contributed by atoms with E-state index >= 15 is 0 Å². The predicted molar refractivity (Wildman–Crippen MR) is 199 cm³/mol. The van der Waals surface area contributed by atoms with Crippen LogP contribution in [0.3, 0.4) is 0 Å². The average Bonchev–Trinajstić information content (AvgIpc) is 3.84. The van der Waals surface area contributed by atoms with Gasteiger partial charge < -0.3 is 64.6 Å². The second-order valence-electron chi connectivity index (χ2n) is 14.8. The summed E-state index contributed by atoms with van der Waals surface area (Å²) in [6, 6.07) is 2.77. The summed E-state index contributed by atoms with van der Waals surface area (Å²) < 4.78 is 39.2. The van der Waals surface area contributed by atoms with Crippen molar-refractivity contribution in [2.45, 2.75) is 113 Å². The fraction of sp³-hybridized carbons (Fsp3) is 0.595. The first-order valence-corrected chi connectivity index (χ1v) is 18.7. The van der Waals surface area contributed by atoms with E-state index in [0.29, 0.717) is 11.1 Å². The number of anilines is 1. The van der Waals surface area contributed by atoms with Gasteiger partial charge in [0.2, 0.25) is 5.91 Å². The van der Waals surface area contributed by atoms with Crippen molar-refractivity contribution >= 4 is 47.4 Å². The lowest BCUT2D eigenvalue weighted by Gasteiger charge is -2.46. The Labute approximate surface area is 338 Å². The molecule has 4 amide bonds. The topological polar surface area (TPSA) is 287 Å². The number of nitrogens with two attached hydrogens (primary N) is 1. The number of esters is 1. The van der Waals surface area contributed by atoms with Crippen molar-refractivity contribution in [2.75, 3.05) is 25.7 Å². The standard InChI is InChI=1S/C37H49ClN4O16/c1-16-8-7-9-24(52-6)37(51)14-22(55-35(50)41-37)17(2)31-36(4,58-31)25(56-34(49)40-5)13-26(45)42(20-11-19(10-16)12-21(44)27(20)38)32-29(47)28(46)30(57-33(39)48)23(54-32)15-53-18(3)43/h7-9,11-12,17,22-25,28-32,44,46-47,51H,10,13-15H2,1-6H3,(H2,39,48)(H,40,49)(H,41,50)/b9-7-,16-8-/t17-,22+,23+,24-,25+,28+,29+,30+,31+,32+,36+,37+/m1/s1. The minimum Gasteiger partial charge on any atom is -0.506 e. The van der Waals surface area contributed by atoms with Crippen LogP contribution in [0.4, 0.5) is 20.1 Å². The van der Waals surface area contributed by atoms with Crippen LogP contribution in [0.1, 0.15) is 46.1 Å². The van der Waals surface area contributed by atoms with E-state index in [2.05, 4.69) is 10.6 Å². The number of primary amides is 1. The van der Waals surface area contributed by atoms with Gasteiger partial charge in [-0.1, -0.05) is 42.3 Å². The van der Waals surface area contributed by atoms with Crippen LogP contribution < -0.4 is 21.3 Å². The van der Waals surface area contributed by atoms with Crippen LogP contribution in [0.15, 0.2) is 35.9 Å². The number of methoxy groups -OCH3 is 1. The number of phenols is 1. The van der Waals surface area contributed by atoms with E-state index in [1.54, 1.807) is 32.9 Å². The molecule has 20 nitrogen and oxygen atoms in total. The Morgan fingerprint density at radius 1 is 1.17 bits per heavy atom. The van der Waals surface area contributed by atoms with Crippen molar-refractivity contribution in [1.82, 2.24) is 10.6 Å². The number of nitrogens with one attached hydrogen (secondary N) is 2. The van der Waals surface area contributed by atoms with Gasteiger partial charge in [0.15, 0.2) is 18.1 Å². The molecule has 0 aromatic heterocycles. The third kappa shape index (κ3) is 9.43. The molecule has 0 aliphatic carbocycles. The largest absolute Gasteiger partial charge is 0.506 e. The second kappa shape index (κ2) is 17.7. The Bertz CT molecular complexity index is 1830. The maximum Gasteiger partial charge on any atom is 0.409 e. The molecule has 8 N–H and O–H groups in total. The minimum atomic E-state index is -2.07. The van der Waals surface area contributed by atoms with Crippen molar-refractivity contribution < 1.29 is 77.6 Å². The summed E-state index contributed by atoms with van der Waals surface area (Å²) in [5.74, 6) is -2.90. The number of hydrogen-bond donors (Lipinski definition) is 7. The number of hydrogen-bond acceptors (Lipinski definition) is 16. The third-order valence-electron chi connectivity index (χ3n) is 10.6. The Kier molecular flexibility index (Phi) is 13.5. The number of aromatic hydroxyl groups is 1.